The SMILES string of the molecule is CCCCCn1c(=O)c2ccccc2n2c(SC(C)c3nc(C(C)C)no3)nnc12. The normalized spacial score (nSPS) is 13.0. The van der Waals surface area contributed by atoms with Crippen LogP contribution in [0.3, 0.4) is 0 Å². The predicted molar refractivity (Wildman–Crippen MR) is 117 cm³/mol. The van der Waals surface area contributed by atoms with Crippen LogP contribution in [-0.2, 0) is 6.54 Å². The Bertz CT molecular complexity index is 1230. The van der Waals surface area contributed by atoms with Gasteiger partial charge in [0, 0.05) is 12.5 Å². The fourth-order valence-electron chi connectivity index (χ4n) is 3.39. The Morgan fingerprint density at radius 2 is 1.93 bits per heavy atom. The van der Waals surface area contributed by atoms with Gasteiger partial charge in [0.2, 0.25) is 11.7 Å². The van der Waals surface area contributed by atoms with Gasteiger partial charge in [-0.2, -0.15) is 4.98 Å². The summed E-state index contributed by atoms with van der Waals surface area (Å²) in [6, 6.07) is 7.60. The molecule has 3 heterocycles. The van der Waals surface area contributed by atoms with Crippen molar-refractivity contribution >= 4 is 28.4 Å². The van der Waals surface area contributed by atoms with Crippen LogP contribution in [-0.4, -0.2) is 29.3 Å². The summed E-state index contributed by atoms with van der Waals surface area (Å²) in [6.07, 6.45) is 3.08. The molecule has 0 aliphatic carbocycles. The van der Waals surface area contributed by atoms with Crippen molar-refractivity contribution in [3.05, 3.63) is 46.3 Å². The first kappa shape index (κ1) is 20.6. The Labute approximate surface area is 178 Å². The number of benzene rings is 1. The molecule has 0 saturated carbocycles. The van der Waals surface area contributed by atoms with Crippen LogP contribution in [0.2, 0.25) is 0 Å². The number of thioether (sulfide) groups is 1. The van der Waals surface area contributed by atoms with E-state index in [0.29, 0.717) is 34.6 Å². The van der Waals surface area contributed by atoms with Crippen LogP contribution in [0.5, 0.6) is 0 Å². The fourth-order valence-corrected chi connectivity index (χ4v) is 4.27. The maximum absolute atomic E-state index is 13.1. The van der Waals surface area contributed by atoms with Gasteiger partial charge in [0.15, 0.2) is 11.0 Å². The zero-order valence-corrected chi connectivity index (χ0v) is 18.5. The molecule has 1 aromatic carbocycles. The highest BCUT2D eigenvalue weighted by Gasteiger charge is 2.22. The summed E-state index contributed by atoms with van der Waals surface area (Å²) in [7, 11) is 0. The van der Waals surface area contributed by atoms with E-state index in [-0.39, 0.29) is 16.7 Å². The van der Waals surface area contributed by atoms with Crippen LogP contribution in [0.1, 0.15) is 69.8 Å². The minimum atomic E-state index is -0.100. The lowest BCUT2D eigenvalue weighted by Gasteiger charge is -2.11. The molecule has 8 nitrogen and oxygen atoms in total. The van der Waals surface area contributed by atoms with E-state index < -0.39 is 0 Å². The van der Waals surface area contributed by atoms with Crippen molar-refractivity contribution in [1.82, 2.24) is 29.3 Å². The van der Waals surface area contributed by atoms with Crippen molar-refractivity contribution in [2.45, 2.75) is 69.8 Å². The number of hydrogen-bond acceptors (Lipinski definition) is 7. The van der Waals surface area contributed by atoms with Crippen LogP contribution in [0.15, 0.2) is 38.7 Å². The van der Waals surface area contributed by atoms with Crippen LogP contribution < -0.4 is 5.56 Å². The molecule has 30 heavy (non-hydrogen) atoms. The summed E-state index contributed by atoms with van der Waals surface area (Å²) < 4.78 is 9.15. The van der Waals surface area contributed by atoms with Gasteiger partial charge < -0.3 is 4.52 Å². The van der Waals surface area contributed by atoms with E-state index in [0.717, 1.165) is 24.8 Å². The Kier molecular flexibility index (Phi) is 5.90. The van der Waals surface area contributed by atoms with Crippen molar-refractivity contribution < 1.29 is 4.52 Å². The zero-order valence-electron chi connectivity index (χ0n) is 17.7. The van der Waals surface area contributed by atoms with Gasteiger partial charge in [0.1, 0.15) is 0 Å². The molecule has 0 aliphatic rings. The number of unbranched alkanes of at least 4 members (excludes halogenated alkanes) is 2. The summed E-state index contributed by atoms with van der Waals surface area (Å²) in [5.41, 5.74) is 0.780. The summed E-state index contributed by atoms with van der Waals surface area (Å²) >= 11 is 1.49. The molecule has 3 aromatic heterocycles. The molecular weight excluding hydrogens is 400 g/mol. The average Bonchev–Trinajstić information content (AvgIpc) is 3.39. The maximum Gasteiger partial charge on any atom is 0.262 e. The van der Waals surface area contributed by atoms with Gasteiger partial charge >= 0.3 is 0 Å². The van der Waals surface area contributed by atoms with Gasteiger partial charge in [-0.15, -0.1) is 10.2 Å². The first-order valence-electron chi connectivity index (χ1n) is 10.4. The molecule has 1 unspecified atom stereocenters. The lowest BCUT2D eigenvalue weighted by Crippen LogP contribution is -2.23. The van der Waals surface area contributed by atoms with E-state index in [1.54, 1.807) is 4.57 Å². The highest BCUT2D eigenvalue weighted by atomic mass is 32.2. The van der Waals surface area contributed by atoms with Crippen LogP contribution in [0.25, 0.3) is 16.7 Å². The first-order chi connectivity index (χ1) is 14.5. The highest BCUT2D eigenvalue weighted by Crippen LogP contribution is 2.34. The number of fused-ring (bicyclic) bond motifs is 3. The van der Waals surface area contributed by atoms with E-state index in [1.807, 2.05) is 49.4 Å². The predicted octanol–water partition coefficient (Wildman–Crippen LogP) is 4.59. The smallest absolute Gasteiger partial charge is 0.262 e. The van der Waals surface area contributed by atoms with E-state index in [2.05, 4.69) is 27.3 Å². The molecular formula is C21H26N6O2S. The third-order valence-electron chi connectivity index (χ3n) is 5.07. The van der Waals surface area contributed by atoms with Gasteiger partial charge in [0.05, 0.1) is 16.2 Å². The van der Waals surface area contributed by atoms with E-state index >= 15 is 0 Å². The second-order valence-corrected chi connectivity index (χ2v) is 9.01. The van der Waals surface area contributed by atoms with Crippen molar-refractivity contribution in [3.63, 3.8) is 0 Å². The third kappa shape index (κ3) is 3.74. The van der Waals surface area contributed by atoms with Gasteiger partial charge in [-0.25, -0.2) is 0 Å². The molecule has 0 bridgehead atoms. The molecule has 0 aliphatic heterocycles. The van der Waals surface area contributed by atoms with Crippen molar-refractivity contribution in [1.29, 1.82) is 0 Å². The second kappa shape index (κ2) is 8.59. The molecule has 0 saturated heterocycles. The lowest BCUT2D eigenvalue weighted by molar-refractivity contribution is 0.373. The quantitative estimate of drug-likeness (QED) is 0.300. The van der Waals surface area contributed by atoms with Crippen molar-refractivity contribution in [2.24, 2.45) is 0 Å². The summed E-state index contributed by atoms with van der Waals surface area (Å²) in [5.74, 6) is 2.02. The maximum atomic E-state index is 13.1. The lowest BCUT2D eigenvalue weighted by atomic mass is 10.2. The molecule has 9 heteroatoms. The summed E-state index contributed by atoms with van der Waals surface area (Å²) in [5, 5.41) is 14.1. The second-order valence-electron chi connectivity index (χ2n) is 7.70. The standard InChI is InChI=1S/C21H26N6O2S/c1-5-6-9-12-26-19(28)15-10-7-8-11-16(15)27-20(26)23-24-21(27)30-14(4)18-22-17(13(2)3)25-29-18/h7-8,10-11,13-14H,5-6,9,12H2,1-4H3. The van der Waals surface area contributed by atoms with Crippen molar-refractivity contribution in [3.8, 4) is 0 Å². The Balaban J connectivity index is 1.78. The molecule has 4 aromatic rings. The van der Waals surface area contributed by atoms with Gasteiger partial charge in [-0.1, -0.05) is 62.7 Å². The summed E-state index contributed by atoms with van der Waals surface area (Å²) in [4.78, 5) is 17.6. The highest BCUT2D eigenvalue weighted by molar-refractivity contribution is 7.99. The molecule has 0 amide bonds. The topological polar surface area (TPSA) is 91.1 Å². The molecule has 0 fully saturated rings. The number of hydrogen-bond donors (Lipinski definition) is 0. The van der Waals surface area contributed by atoms with E-state index in [4.69, 9.17) is 4.52 Å². The van der Waals surface area contributed by atoms with E-state index in [9.17, 15) is 4.79 Å². The Morgan fingerprint density at radius 1 is 1.13 bits per heavy atom. The Morgan fingerprint density at radius 3 is 2.67 bits per heavy atom. The fraction of sp³-hybridized carbons (Fsp3) is 0.476. The van der Waals surface area contributed by atoms with Crippen LogP contribution in [0, 0.1) is 0 Å². The summed E-state index contributed by atoms with van der Waals surface area (Å²) in [6.45, 7) is 8.84. The molecule has 0 N–H and O–H groups in total. The van der Waals surface area contributed by atoms with Gasteiger partial charge in [-0.05, 0) is 25.5 Å². The molecule has 0 spiro atoms. The number of para-hydroxylation sites is 1. The van der Waals surface area contributed by atoms with Gasteiger partial charge in [-0.3, -0.25) is 13.8 Å². The number of aromatic nitrogens is 6. The zero-order chi connectivity index (χ0) is 21.3. The van der Waals surface area contributed by atoms with E-state index in [1.165, 1.54) is 11.8 Å². The average molecular weight is 427 g/mol. The molecule has 0 radical (unpaired) electrons. The first-order valence-corrected chi connectivity index (χ1v) is 11.3. The number of aryl methyl sites for hydroxylation is 1. The minimum absolute atomic E-state index is 0.0234. The molecule has 1 atom stereocenters. The Hall–Kier alpha value is -2.68. The molecule has 4 rings (SSSR count). The third-order valence-corrected chi connectivity index (χ3v) is 6.10. The van der Waals surface area contributed by atoms with Crippen LogP contribution >= 0.6 is 11.8 Å². The monoisotopic (exact) mass is 426 g/mol. The number of nitrogens with zero attached hydrogens (tertiary/aromatic N) is 6. The minimum Gasteiger partial charge on any atom is -0.338 e. The molecule has 158 valence electrons. The number of rotatable bonds is 8. The largest absolute Gasteiger partial charge is 0.338 e. The van der Waals surface area contributed by atoms with Crippen molar-refractivity contribution in [2.75, 3.05) is 0 Å². The van der Waals surface area contributed by atoms with Gasteiger partial charge in [0.25, 0.3) is 5.56 Å². The van der Waals surface area contributed by atoms with Crippen LogP contribution in [0.4, 0.5) is 0 Å².